The van der Waals surface area contributed by atoms with E-state index in [9.17, 15) is 4.79 Å². The number of hydrogen-bond donors (Lipinski definition) is 3. The Morgan fingerprint density at radius 2 is 1.81 bits per heavy atom. The van der Waals surface area contributed by atoms with Crippen LogP contribution < -0.4 is 10.9 Å². The molecule has 1 aromatic rings. The highest BCUT2D eigenvalue weighted by atomic mass is 16.5. The Hall–Kier alpha value is -1.59. The van der Waals surface area contributed by atoms with Crippen LogP contribution in [0.15, 0.2) is 30.3 Å². The zero-order valence-electron chi connectivity index (χ0n) is 12.3. The second kappa shape index (κ2) is 8.64. The standard InChI is InChI=1S/C16H24N2O3/c19-16(20)18-17-10-13-6-8-15(9-7-13)12-21-11-14-4-2-1-3-5-14/h1-5,13,15,17-18H,6-12H2,(H,19,20)/t13-,15-. The summed E-state index contributed by atoms with van der Waals surface area (Å²) in [6.07, 6.45) is 3.56. The number of carbonyl (C=O) groups is 1. The number of ether oxygens (including phenoxy) is 1. The topological polar surface area (TPSA) is 70.6 Å². The average Bonchev–Trinajstić information content (AvgIpc) is 2.50. The third kappa shape index (κ3) is 6.14. The summed E-state index contributed by atoms with van der Waals surface area (Å²) in [7, 11) is 0. The van der Waals surface area contributed by atoms with E-state index in [-0.39, 0.29) is 0 Å². The molecule has 0 bridgehead atoms. The first-order valence-electron chi connectivity index (χ1n) is 7.57. The van der Waals surface area contributed by atoms with Crippen LogP contribution in [-0.2, 0) is 11.3 Å². The number of nitrogens with one attached hydrogen (secondary N) is 2. The van der Waals surface area contributed by atoms with E-state index in [1.165, 1.54) is 5.56 Å². The zero-order chi connectivity index (χ0) is 14.9. The molecule has 0 atom stereocenters. The summed E-state index contributed by atoms with van der Waals surface area (Å²) in [5.74, 6) is 1.19. The van der Waals surface area contributed by atoms with Crippen LogP contribution in [0.3, 0.4) is 0 Å². The van der Waals surface area contributed by atoms with Gasteiger partial charge >= 0.3 is 6.09 Å². The summed E-state index contributed by atoms with van der Waals surface area (Å²) >= 11 is 0. The summed E-state index contributed by atoms with van der Waals surface area (Å²) in [6.45, 7) is 2.22. The number of hydrogen-bond acceptors (Lipinski definition) is 3. The maximum absolute atomic E-state index is 10.3. The molecular formula is C16H24N2O3. The molecule has 1 fully saturated rings. The van der Waals surface area contributed by atoms with Crippen LogP contribution in [0.5, 0.6) is 0 Å². The highest BCUT2D eigenvalue weighted by Gasteiger charge is 2.21. The summed E-state index contributed by atoms with van der Waals surface area (Å²) in [5.41, 5.74) is 6.17. The van der Waals surface area contributed by atoms with Crippen molar-refractivity contribution in [2.75, 3.05) is 13.2 Å². The maximum atomic E-state index is 10.3. The van der Waals surface area contributed by atoms with Crippen LogP contribution in [0.4, 0.5) is 4.79 Å². The Labute approximate surface area is 125 Å². The Morgan fingerprint density at radius 1 is 1.14 bits per heavy atom. The molecule has 0 radical (unpaired) electrons. The van der Waals surface area contributed by atoms with Crippen LogP contribution in [0.2, 0.25) is 0 Å². The fourth-order valence-corrected chi connectivity index (χ4v) is 2.79. The van der Waals surface area contributed by atoms with Gasteiger partial charge in [-0.25, -0.2) is 10.2 Å². The van der Waals surface area contributed by atoms with E-state index in [1.807, 2.05) is 18.2 Å². The third-order valence-electron chi connectivity index (χ3n) is 4.02. The van der Waals surface area contributed by atoms with Crippen molar-refractivity contribution in [1.29, 1.82) is 0 Å². The molecule has 21 heavy (non-hydrogen) atoms. The van der Waals surface area contributed by atoms with Crippen molar-refractivity contribution < 1.29 is 14.6 Å². The van der Waals surface area contributed by atoms with Gasteiger partial charge in [-0.1, -0.05) is 30.3 Å². The Kier molecular flexibility index (Phi) is 6.50. The minimum atomic E-state index is -1.03. The lowest BCUT2D eigenvalue weighted by atomic mass is 9.82. The summed E-state index contributed by atoms with van der Waals surface area (Å²) in [6, 6.07) is 10.2. The number of hydrazine groups is 1. The summed E-state index contributed by atoms with van der Waals surface area (Å²) < 4.78 is 5.80. The Morgan fingerprint density at radius 3 is 2.48 bits per heavy atom. The molecule has 3 N–H and O–H groups in total. The molecule has 1 aliphatic carbocycles. The van der Waals surface area contributed by atoms with Gasteiger partial charge in [0.05, 0.1) is 6.61 Å². The second-order valence-electron chi connectivity index (χ2n) is 5.70. The van der Waals surface area contributed by atoms with Gasteiger partial charge < -0.3 is 9.84 Å². The molecular weight excluding hydrogens is 268 g/mol. The quantitative estimate of drug-likeness (QED) is 0.676. The predicted octanol–water partition coefficient (Wildman–Crippen LogP) is 2.78. The smallest absolute Gasteiger partial charge is 0.419 e. The predicted molar refractivity (Wildman–Crippen MR) is 80.7 cm³/mol. The normalized spacial score (nSPS) is 21.9. The minimum Gasteiger partial charge on any atom is -0.464 e. The Bertz CT molecular complexity index is 417. The SMILES string of the molecule is O=C(O)NNC[C@H]1CC[C@H](COCc2ccccc2)CC1. The molecule has 1 aliphatic rings. The summed E-state index contributed by atoms with van der Waals surface area (Å²) in [5, 5.41) is 8.49. The van der Waals surface area contributed by atoms with Gasteiger partial charge in [0, 0.05) is 13.2 Å². The van der Waals surface area contributed by atoms with Crippen molar-refractivity contribution in [3.8, 4) is 0 Å². The first-order valence-corrected chi connectivity index (χ1v) is 7.57. The zero-order valence-corrected chi connectivity index (χ0v) is 12.3. The molecule has 0 saturated heterocycles. The molecule has 0 unspecified atom stereocenters. The van der Waals surface area contributed by atoms with E-state index in [0.29, 0.717) is 25.0 Å². The lowest BCUT2D eigenvalue weighted by Crippen LogP contribution is -2.40. The van der Waals surface area contributed by atoms with Crippen LogP contribution >= 0.6 is 0 Å². The molecule has 5 heteroatoms. The molecule has 0 aromatic heterocycles. The van der Waals surface area contributed by atoms with Crippen LogP contribution in [0.25, 0.3) is 0 Å². The lowest BCUT2D eigenvalue weighted by Gasteiger charge is -2.28. The van der Waals surface area contributed by atoms with E-state index in [0.717, 1.165) is 32.3 Å². The van der Waals surface area contributed by atoms with E-state index in [1.54, 1.807) is 0 Å². The molecule has 0 aliphatic heterocycles. The first kappa shape index (κ1) is 15.8. The van der Waals surface area contributed by atoms with E-state index in [4.69, 9.17) is 9.84 Å². The second-order valence-corrected chi connectivity index (χ2v) is 5.70. The van der Waals surface area contributed by atoms with Gasteiger partial charge in [0.2, 0.25) is 0 Å². The van der Waals surface area contributed by atoms with Gasteiger partial charge in [-0.3, -0.25) is 5.43 Å². The van der Waals surface area contributed by atoms with Crippen LogP contribution in [0, 0.1) is 11.8 Å². The highest BCUT2D eigenvalue weighted by Crippen LogP contribution is 2.28. The van der Waals surface area contributed by atoms with E-state index in [2.05, 4.69) is 23.0 Å². The number of benzene rings is 1. The molecule has 2 rings (SSSR count). The first-order chi connectivity index (χ1) is 10.2. The molecule has 0 heterocycles. The monoisotopic (exact) mass is 292 g/mol. The van der Waals surface area contributed by atoms with Crippen molar-refractivity contribution in [2.24, 2.45) is 11.8 Å². The summed E-state index contributed by atoms with van der Waals surface area (Å²) in [4.78, 5) is 10.3. The van der Waals surface area contributed by atoms with Gasteiger partial charge in [-0.05, 0) is 43.1 Å². The van der Waals surface area contributed by atoms with Gasteiger partial charge in [0.15, 0.2) is 0 Å². The van der Waals surface area contributed by atoms with Crippen LogP contribution in [0.1, 0.15) is 31.2 Å². The van der Waals surface area contributed by atoms with Gasteiger partial charge in [0.1, 0.15) is 0 Å². The van der Waals surface area contributed by atoms with Gasteiger partial charge in [0.25, 0.3) is 0 Å². The Balaban J connectivity index is 1.55. The third-order valence-corrected chi connectivity index (χ3v) is 4.02. The fraction of sp³-hybridized carbons (Fsp3) is 0.562. The molecule has 116 valence electrons. The molecule has 1 saturated carbocycles. The number of amides is 1. The van der Waals surface area contributed by atoms with E-state index < -0.39 is 6.09 Å². The van der Waals surface area contributed by atoms with Crippen molar-refractivity contribution in [1.82, 2.24) is 10.9 Å². The van der Waals surface area contributed by atoms with Gasteiger partial charge in [-0.15, -0.1) is 0 Å². The van der Waals surface area contributed by atoms with Gasteiger partial charge in [-0.2, -0.15) is 0 Å². The van der Waals surface area contributed by atoms with Crippen molar-refractivity contribution >= 4 is 6.09 Å². The highest BCUT2D eigenvalue weighted by molar-refractivity contribution is 5.63. The molecule has 5 nitrogen and oxygen atoms in total. The van der Waals surface area contributed by atoms with E-state index >= 15 is 0 Å². The van der Waals surface area contributed by atoms with Crippen LogP contribution in [-0.4, -0.2) is 24.4 Å². The molecule has 1 aromatic carbocycles. The van der Waals surface area contributed by atoms with Crippen molar-refractivity contribution in [3.05, 3.63) is 35.9 Å². The maximum Gasteiger partial charge on any atom is 0.419 e. The fourth-order valence-electron chi connectivity index (χ4n) is 2.79. The molecule has 0 spiro atoms. The minimum absolute atomic E-state index is 0.558. The molecule has 1 amide bonds. The lowest BCUT2D eigenvalue weighted by molar-refractivity contribution is 0.0667. The number of carboxylic acid groups (broad SMARTS) is 1. The average molecular weight is 292 g/mol. The van der Waals surface area contributed by atoms with Crippen molar-refractivity contribution in [2.45, 2.75) is 32.3 Å². The number of rotatable bonds is 7. The largest absolute Gasteiger partial charge is 0.464 e. The van der Waals surface area contributed by atoms with Crippen molar-refractivity contribution in [3.63, 3.8) is 0 Å².